The van der Waals surface area contributed by atoms with Gasteiger partial charge >= 0.3 is 33.6 Å². The van der Waals surface area contributed by atoms with E-state index < -0.39 is 91.5 Å². The van der Waals surface area contributed by atoms with Crippen molar-refractivity contribution < 1.29 is 75.8 Å². The summed E-state index contributed by atoms with van der Waals surface area (Å²) in [6.45, 7) is 2.45. The molecule has 0 aromatic rings. The van der Waals surface area contributed by atoms with Crippen molar-refractivity contribution in [3.8, 4) is 0 Å². The molecule has 0 amide bonds. The van der Waals surface area contributed by atoms with Crippen LogP contribution in [0.1, 0.15) is 290 Å². The van der Waals surface area contributed by atoms with Crippen molar-refractivity contribution in [2.75, 3.05) is 39.6 Å². The number of aliphatic hydroxyl groups is 2. The quantitative estimate of drug-likeness (QED) is 0.0146. The van der Waals surface area contributed by atoms with Gasteiger partial charge in [0.25, 0.3) is 0 Å². The Morgan fingerprint density at radius 3 is 0.866 bits per heavy atom. The van der Waals surface area contributed by atoms with E-state index in [9.17, 15) is 43.5 Å². The standard InChI is InChI=1S/C79H134O16P2/c1-4-7-10-13-16-19-22-25-28-30-32-34-35-36-37-39-41-42-45-47-50-53-56-59-62-65-77(82)89-68-74(80)69-91-96(85,86)92-70-75(81)71-93-97(87,88)94-73-76(95-79(84)67-64-61-58-55-52-49-44-27-24-21-18-15-12-9-6-3)72-90-78(83)66-63-60-57-54-51-48-46-43-40-38-33-31-29-26-23-20-17-14-11-8-5-2/h9,12,16-21,25-29,32-34,36-38,43-44,46,74-76,80-81H,4-8,10-11,13-15,22-24,30-31,35,39-42,45,47-73H2,1-3H3,(H,85,86)(H,87,88)/b12-9-,19-16-,20-17-,21-18-,28-25-,29-26-,34-32-,37-36-,38-33-,44-27-,46-43-. The van der Waals surface area contributed by atoms with Crippen molar-refractivity contribution in [2.24, 2.45) is 0 Å². The Balaban J connectivity index is 4.64. The summed E-state index contributed by atoms with van der Waals surface area (Å²) in [7, 11) is -9.80. The van der Waals surface area contributed by atoms with Crippen LogP contribution in [0.25, 0.3) is 0 Å². The van der Waals surface area contributed by atoms with Gasteiger partial charge in [0.05, 0.1) is 26.4 Å². The van der Waals surface area contributed by atoms with Gasteiger partial charge in [-0.25, -0.2) is 9.13 Å². The fourth-order valence-electron chi connectivity index (χ4n) is 9.61. The van der Waals surface area contributed by atoms with E-state index in [-0.39, 0.29) is 19.3 Å². The molecule has 556 valence electrons. The van der Waals surface area contributed by atoms with Crippen LogP contribution in [0.3, 0.4) is 0 Å². The minimum absolute atomic E-state index is 0.0768. The van der Waals surface area contributed by atoms with Crippen LogP contribution in [0.15, 0.2) is 134 Å². The first-order valence-corrected chi connectivity index (χ1v) is 40.5. The lowest BCUT2D eigenvalue weighted by Gasteiger charge is -2.21. The molecule has 0 rings (SSSR count). The topological polar surface area (TPSA) is 231 Å². The summed E-state index contributed by atoms with van der Waals surface area (Å²) < 4.78 is 61.0. The van der Waals surface area contributed by atoms with Crippen LogP contribution in [-0.4, -0.2) is 95.9 Å². The molecule has 5 atom stereocenters. The zero-order valence-corrected chi connectivity index (χ0v) is 62.2. The molecule has 0 radical (unpaired) electrons. The Kier molecular flexibility index (Phi) is 68.3. The second kappa shape index (κ2) is 71.5. The van der Waals surface area contributed by atoms with E-state index in [2.05, 4.69) is 154 Å². The molecule has 0 aromatic carbocycles. The van der Waals surface area contributed by atoms with Crippen LogP contribution in [0.4, 0.5) is 0 Å². The molecule has 0 aliphatic rings. The monoisotopic (exact) mass is 1400 g/mol. The maximum absolute atomic E-state index is 12.9. The average molecular weight is 1400 g/mol. The highest BCUT2D eigenvalue weighted by atomic mass is 31.2. The van der Waals surface area contributed by atoms with Gasteiger partial charge in [0.1, 0.15) is 25.4 Å². The van der Waals surface area contributed by atoms with Crippen molar-refractivity contribution >= 4 is 33.6 Å². The van der Waals surface area contributed by atoms with Gasteiger partial charge in [-0.15, -0.1) is 0 Å². The number of allylic oxidation sites excluding steroid dienone is 22. The summed E-state index contributed by atoms with van der Waals surface area (Å²) in [6.07, 6.45) is 84.9. The van der Waals surface area contributed by atoms with Crippen LogP contribution in [0.5, 0.6) is 0 Å². The largest absolute Gasteiger partial charge is 0.472 e. The molecule has 18 heteroatoms. The lowest BCUT2D eigenvalue weighted by molar-refractivity contribution is -0.161. The van der Waals surface area contributed by atoms with Crippen molar-refractivity contribution in [1.29, 1.82) is 0 Å². The molecular weight excluding hydrogens is 1270 g/mol. The first-order chi connectivity index (χ1) is 47.2. The number of unbranched alkanes of at least 4 members (excludes halogenated alkanes) is 25. The third kappa shape index (κ3) is 72.8. The summed E-state index contributed by atoms with van der Waals surface area (Å²) in [5.74, 6) is -1.62. The van der Waals surface area contributed by atoms with E-state index >= 15 is 0 Å². The Bertz CT molecular complexity index is 2300. The number of hydrogen-bond acceptors (Lipinski definition) is 14. The van der Waals surface area contributed by atoms with Crippen LogP contribution >= 0.6 is 15.6 Å². The second-order valence-electron chi connectivity index (χ2n) is 24.7. The third-order valence-electron chi connectivity index (χ3n) is 15.3. The highest BCUT2D eigenvalue weighted by Gasteiger charge is 2.29. The van der Waals surface area contributed by atoms with Crippen LogP contribution in [0, 0.1) is 0 Å². The molecule has 0 heterocycles. The van der Waals surface area contributed by atoms with Gasteiger partial charge in [-0.2, -0.15) is 0 Å². The molecule has 0 aliphatic carbocycles. The number of aliphatic hydroxyl groups excluding tert-OH is 2. The first-order valence-electron chi connectivity index (χ1n) is 37.5. The molecule has 0 saturated carbocycles. The van der Waals surface area contributed by atoms with E-state index in [0.717, 1.165) is 154 Å². The van der Waals surface area contributed by atoms with Crippen LogP contribution < -0.4 is 0 Å². The fourth-order valence-corrected chi connectivity index (χ4v) is 11.2. The number of hydrogen-bond donors (Lipinski definition) is 4. The molecular formula is C79H134O16P2. The molecule has 97 heavy (non-hydrogen) atoms. The minimum Gasteiger partial charge on any atom is -0.463 e. The highest BCUT2D eigenvalue weighted by molar-refractivity contribution is 7.47. The number of esters is 3. The number of phosphoric ester groups is 2. The molecule has 0 fully saturated rings. The number of ether oxygens (including phenoxy) is 3. The van der Waals surface area contributed by atoms with Crippen molar-refractivity contribution in [1.82, 2.24) is 0 Å². The normalized spacial score (nSPS) is 14.8. The number of carbonyl (C=O) groups excluding carboxylic acids is 3. The third-order valence-corrected chi connectivity index (χ3v) is 17.2. The van der Waals surface area contributed by atoms with E-state index in [0.29, 0.717) is 19.3 Å². The number of carbonyl (C=O) groups is 3. The Morgan fingerprint density at radius 2 is 0.546 bits per heavy atom. The van der Waals surface area contributed by atoms with Crippen molar-refractivity contribution in [3.05, 3.63) is 134 Å². The molecule has 0 bridgehead atoms. The maximum atomic E-state index is 12.9. The van der Waals surface area contributed by atoms with Gasteiger partial charge in [0.2, 0.25) is 0 Å². The summed E-state index contributed by atoms with van der Waals surface area (Å²) in [5.41, 5.74) is 0. The molecule has 0 spiro atoms. The summed E-state index contributed by atoms with van der Waals surface area (Å²) in [4.78, 5) is 58.5. The van der Waals surface area contributed by atoms with Crippen molar-refractivity contribution in [2.45, 2.75) is 309 Å². The molecule has 0 aliphatic heterocycles. The van der Waals surface area contributed by atoms with Gasteiger partial charge in [0, 0.05) is 19.3 Å². The van der Waals surface area contributed by atoms with E-state index in [1.807, 2.05) is 0 Å². The van der Waals surface area contributed by atoms with Gasteiger partial charge in [-0.1, -0.05) is 264 Å². The minimum atomic E-state index is -4.94. The van der Waals surface area contributed by atoms with E-state index in [1.165, 1.54) is 77.0 Å². The van der Waals surface area contributed by atoms with Crippen LogP contribution in [-0.2, 0) is 55.8 Å². The summed E-state index contributed by atoms with van der Waals surface area (Å²) in [6, 6.07) is 0. The molecule has 4 N–H and O–H groups in total. The van der Waals surface area contributed by atoms with Crippen LogP contribution in [0.2, 0.25) is 0 Å². The zero-order chi connectivity index (χ0) is 70.9. The number of phosphoric acid groups is 2. The summed E-state index contributed by atoms with van der Waals surface area (Å²) in [5, 5.41) is 20.6. The van der Waals surface area contributed by atoms with Gasteiger partial charge in [-0.05, 0) is 141 Å². The van der Waals surface area contributed by atoms with Gasteiger partial charge in [-0.3, -0.25) is 32.5 Å². The van der Waals surface area contributed by atoms with E-state index in [1.54, 1.807) is 0 Å². The molecule has 0 saturated heterocycles. The highest BCUT2D eigenvalue weighted by Crippen LogP contribution is 2.45. The van der Waals surface area contributed by atoms with E-state index in [4.69, 9.17) is 32.3 Å². The van der Waals surface area contributed by atoms with Crippen molar-refractivity contribution in [3.63, 3.8) is 0 Å². The first kappa shape index (κ1) is 92.7. The zero-order valence-electron chi connectivity index (χ0n) is 60.5. The smallest absolute Gasteiger partial charge is 0.463 e. The molecule has 16 nitrogen and oxygen atoms in total. The molecule has 5 unspecified atom stereocenters. The second-order valence-corrected chi connectivity index (χ2v) is 27.6. The average Bonchev–Trinajstić information content (AvgIpc) is 1.63. The summed E-state index contributed by atoms with van der Waals surface area (Å²) >= 11 is 0. The SMILES string of the molecule is CC/C=C\C/C=C\C/C=C\CCCCCCCC(=O)OC(COC(=O)CCCCCCC/C=C\C/C=C\C/C=C\C/C=C\CCCCC)COP(=O)(O)OCC(O)COP(=O)(O)OCC(O)COC(=O)CCCCCCCCCCC/C=C\C/C=C\C/C=C\C/C=C\CCCCC. The predicted octanol–water partition coefficient (Wildman–Crippen LogP) is 21.5. The van der Waals surface area contributed by atoms with Gasteiger partial charge < -0.3 is 34.2 Å². The lowest BCUT2D eigenvalue weighted by Crippen LogP contribution is -2.30. The fraction of sp³-hybridized carbons (Fsp3) is 0.684. The predicted molar refractivity (Wildman–Crippen MR) is 399 cm³/mol. The Morgan fingerprint density at radius 1 is 0.299 bits per heavy atom. The lowest BCUT2D eigenvalue weighted by atomic mass is 10.1. The molecule has 0 aromatic heterocycles. The number of rotatable bonds is 70. The Hall–Kier alpha value is -4.31. The van der Waals surface area contributed by atoms with Gasteiger partial charge in [0.15, 0.2) is 6.10 Å². The Labute approximate surface area is 588 Å². The maximum Gasteiger partial charge on any atom is 0.472 e.